The quantitative estimate of drug-likeness (QED) is 0.568. The molecule has 0 aromatic heterocycles. The Hall–Kier alpha value is -2.96. The average Bonchev–Trinajstić information content (AvgIpc) is 2.52. The molecule has 2 aromatic carbocycles. The molecule has 144 valence electrons. The highest BCUT2D eigenvalue weighted by Gasteiger charge is 2.29. The Balaban J connectivity index is 2.87. The van der Waals surface area contributed by atoms with Crippen LogP contribution in [0.15, 0.2) is 30.3 Å². The fraction of sp³-hybridized carbons (Fsp3) is 0.400. The van der Waals surface area contributed by atoms with Gasteiger partial charge < -0.3 is 5.11 Å². The largest absolute Gasteiger partial charge is 0.507 e. The maximum Gasteiger partial charge on any atom is 0.284 e. The van der Waals surface area contributed by atoms with Crippen LogP contribution in [0.5, 0.6) is 5.75 Å². The summed E-state index contributed by atoms with van der Waals surface area (Å²) in [5.41, 5.74) is 0.692. The Morgan fingerprint density at radius 1 is 0.815 bits per heavy atom. The van der Waals surface area contributed by atoms with Gasteiger partial charge in [-0.1, -0.05) is 41.5 Å². The summed E-state index contributed by atoms with van der Waals surface area (Å²) in [5.74, 6) is 0.170. The van der Waals surface area contributed by atoms with Crippen LogP contribution in [0.4, 0.5) is 11.4 Å². The smallest absolute Gasteiger partial charge is 0.284 e. The van der Waals surface area contributed by atoms with Crippen molar-refractivity contribution in [3.63, 3.8) is 0 Å². The van der Waals surface area contributed by atoms with E-state index in [1.165, 1.54) is 12.1 Å². The lowest BCUT2D eigenvalue weighted by atomic mass is 9.77. The molecule has 2 rings (SSSR count). The highest BCUT2D eigenvalue weighted by Crippen LogP contribution is 2.43. The summed E-state index contributed by atoms with van der Waals surface area (Å²) in [5, 5.41) is 33.3. The summed E-state index contributed by atoms with van der Waals surface area (Å²) < 4.78 is 0. The zero-order valence-electron chi connectivity index (χ0n) is 16.4. The highest BCUT2D eigenvalue weighted by molar-refractivity contribution is 5.78. The summed E-state index contributed by atoms with van der Waals surface area (Å²) in [6.07, 6.45) is 0. The Bertz CT molecular complexity index is 886. The first kappa shape index (κ1) is 20.4. The lowest BCUT2D eigenvalue weighted by Crippen LogP contribution is -2.17. The van der Waals surface area contributed by atoms with Crippen molar-refractivity contribution in [3.05, 3.63) is 61.7 Å². The molecule has 0 atom stereocenters. The number of non-ortho nitro benzene ring substituents is 1. The monoisotopic (exact) mass is 372 g/mol. The van der Waals surface area contributed by atoms with Crippen molar-refractivity contribution in [2.45, 2.75) is 52.4 Å². The minimum Gasteiger partial charge on any atom is -0.507 e. The Morgan fingerprint density at radius 2 is 1.30 bits per heavy atom. The third kappa shape index (κ3) is 4.07. The Morgan fingerprint density at radius 3 is 1.67 bits per heavy atom. The van der Waals surface area contributed by atoms with Crippen molar-refractivity contribution >= 4 is 11.4 Å². The second-order valence-corrected chi connectivity index (χ2v) is 8.64. The number of rotatable bonds is 3. The highest BCUT2D eigenvalue weighted by atomic mass is 16.6. The number of hydrogen-bond donors (Lipinski definition) is 1. The van der Waals surface area contributed by atoms with Crippen molar-refractivity contribution in [2.24, 2.45) is 0 Å². The summed E-state index contributed by atoms with van der Waals surface area (Å²) in [6, 6.07) is 7.05. The number of benzene rings is 2. The van der Waals surface area contributed by atoms with Crippen LogP contribution in [0.25, 0.3) is 11.1 Å². The Kier molecular flexibility index (Phi) is 5.01. The first-order chi connectivity index (χ1) is 12.2. The molecule has 0 heterocycles. The molecule has 1 N–H and O–H groups in total. The zero-order valence-corrected chi connectivity index (χ0v) is 16.4. The summed E-state index contributed by atoms with van der Waals surface area (Å²) >= 11 is 0. The molecule has 0 aliphatic carbocycles. The number of phenolic OH excluding ortho intramolecular Hbond substituents is 1. The second kappa shape index (κ2) is 6.64. The van der Waals surface area contributed by atoms with Gasteiger partial charge in [0.05, 0.1) is 21.5 Å². The molecular weight excluding hydrogens is 348 g/mol. The zero-order chi connectivity index (χ0) is 20.7. The third-order valence-electron chi connectivity index (χ3n) is 4.43. The van der Waals surface area contributed by atoms with E-state index in [4.69, 9.17) is 0 Å². The minimum atomic E-state index is -0.658. The van der Waals surface area contributed by atoms with E-state index in [1.54, 1.807) is 12.1 Å². The topological polar surface area (TPSA) is 107 Å². The fourth-order valence-corrected chi connectivity index (χ4v) is 2.96. The summed E-state index contributed by atoms with van der Waals surface area (Å²) in [4.78, 5) is 21.2. The van der Waals surface area contributed by atoms with Gasteiger partial charge in [0, 0.05) is 17.2 Å². The molecule has 27 heavy (non-hydrogen) atoms. The molecule has 7 heteroatoms. The number of aromatic hydroxyl groups is 1. The normalized spacial score (nSPS) is 12.1. The van der Waals surface area contributed by atoms with Crippen LogP contribution in [0.3, 0.4) is 0 Å². The van der Waals surface area contributed by atoms with Crippen LogP contribution < -0.4 is 0 Å². The van der Waals surface area contributed by atoms with Gasteiger partial charge in [0.25, 0.3) is 11.4 Å². The van der Waals surface area contributed by atoms with E-state index in [1.807, 2.05) is 41.5 Å². The average molecular weight is 372 g/mol. The molecule has 0 fully saturated rings. The molecule has 0 saturated carbocycles. The third-order valence-corrected chi connectivity index (χ3v) is 4.43. The van der Waals surface area contributed by atoms with E-state index in [0.29, 0.717) is 16.7 Å². The molecule has 0 unspecified atom stereocenters. The SMILES string of the molecule is CC(C)(C)c1cc(-c2ccc([N+](=O)[O-])cc2[N+](=O)[O-])cc(C(C)(C)C)c1O. The molecular formula is C20H24N2O5. The number of nitro groups is 2. The molecule has 0 bridgehead atoms. The summed E-state index contributed by atoms with van der Waals surface area (Å²) in [6.45, 7) is 11.7. The molecule has 2 aromatic rings. The van der Waals surface area contributed by atoms with Crippen LogP contribution in [-0.2, 0) is 10.8 Å². The number of nitrogens with zero attached hydrogens (tertiary/aromatic N) is 2. The lowest BCUT2D eigenvalue weighted by Gasteiger charge is -2.28. The molecule has 0 amide bonds. The number of hydrogen-bond acceptors (Lipinski definition) is 5. The van der Waals surface area contributed by atoms with Crippen molar-refractivity contribution in [3.8, 4) is 16.9 Å². The standard InChI is InChI=1S/C20H24N2O5/c1-19(2,3)15-9-12(10-16(18(15)23)20(4,5)6)14-8-7-13(21(24)25)11-17(14)22(26)27/h7-11,23H,1-6H3. The van der Waals surface area contributed by atoms with Gasteiger partial charge in [-0.2, -0.15) is 0 Å². The number of nitro benzene ring substituents is 2. The maximum absolute atomic E-state index is 11.5. The number of phenols is 1. The van der Waals surface area contributed by atoms with Gasteiger partial charge in [0.1, 0.15) is 5.75 Å². The van der Waals surface area contributed by atoms with Crippen LogP contribution >= 0.6 is 0 Å². The van der Waals surface area contributed by atoms with Crippen LogP contribution in [0.2, 0.25) is 0 Å². The molecule has 0 radical (unpaired) electrons. The van der Waals surface area contributed by atoms with E-state index in [0.717, 1.165) is 6.07 Å². The van der Waals surface area contributed by atoms with E-state index in [-0.39, 0.29) is 22.7 Å². The van der Waals surface area contributed by atoms with Crippen molar-refractivity contribution in [1.82, 2.24) is 0 Å². The molecule has 0 saturated heterocycles. The molecule has 0 aliphatic heterocycles. The van der Waals surface area contributed by atoms with Crippen molar-refractivity contribution < 1.29 is 15.0 Å². The van der Waals surface area contributed by atoms with Crippen LogP contribution in [0.1, 0.15) is 52.7 Å². The lowest BCUT2D eigenvalue weighted by molar-refractivity contribution is -0.393. The molecule has 7 nitrogen and oxygen atoms in total. The fourth-order valence-electron chi connectivity index (χ4n) is 2.96. The predicted molar refractivity (Wildman–Crippen MR) is 104 cm³/mol. The van der Waals surface area contributed by atoms with Gasteiger partial charge in [0.2, 0.25) is 0 Å². The van der Waals surface area contributed by atoms with Gasteiger partial charge >= 0.3 is 0 Å². The van der Waals surface area contributed by atoms with Crippen LogP contribution in [-0.4, -0.2) is 15.0 Å². The van der Waals surface area contributed by atoms with E-state index < -0.39 is 20.7 Å². The first-order valence-electron chi connectivity index (χ1n) is 8.54. The van der Waals surface area contributed by atoms with Gasteiger partial charge in [-0.25, -0.2) is 0 Å². The maximum atomic E-state index is 11.5. The van der Waals surface area contributed by atoms with Gasteiger partial charge in [0.15, 0.2) is 0 Å². The molecule has 0 aliphatic rings. The van der Waals surface area contributed by atoms with Crippen molar-refractivity contribution in [2.75, 3.05) is 0 Å². The molecule has 0 spiro atoms. The van der Waals surface area contributed by atoms with Crippen LogP contribution in [0, 0.1) is 20.2 Å². The predicted octanol–water partition coefficient (Wildman–Crippen LogP) is 5.47. The van der Waals surface area contributed by atoms with E-state index in [9.17, 15) is 25.3 Å². The summed E-state index contributed by atoms with van der Waals surface area (Å²) in [7, 11) is 0. The van der Waals surface area contributed by atoms with Gasteiger partial charge in [-0.3, -0.25) is 20.2 Å². The van der Waals surface area contributed by atoms with Gasteiger partial charge in [-0.15, -0.1) is 0 Å². The first-order valence-corrected chi connectivity index (χ1v) is 8.54. The van der Waals surface area contributed by atoms with E-state index >= 15 is 0 Å². The van der Waals surface area contributed by atoms with Crippen molar-refractivity contribution in [1.29, 1.82) is 0 Å². The minimum absolute atomic E-state index is 0.170. The second-order valence-electron chi connectivity index (χ2n) is 8.64. The Labute approximate surface area is 158 Å². The van der Waals surface area contributed by atoms with E-state index in [2.05, 4.69) is 0 Å². The van der Waals surface area contributed by atoms with Gasteiger partial charge in [-0.05, 0) is 34.6 Å².